The van der Waals surface area contributed by atoms with Gasteiger partial charge in [0.15, 0.2) is 0 Å². The monoisotopic (exact) mass is 319 g/mol. The number of nitrogens with one attached hydrogen (secondary N) is 1. The van der Waals surface area contributed by atoms with Gasteiger partial charge in [-0.25, -0.2) is 4.98 Å². The molecule has 0 radical (unpaired) electrons. The average Bonchev–Trinajstić information content (AvgIpc) is 3.11. The summed E-state index contributed by atoms with van der Waals surface area (Å²) in [7, 11) is 0. The van der Waals surface area contributed by atoms with E-state index in [0.29, 0.717) is 24.9 Å². The van der Waals surface area contributed by atoms with Crippen molar-refractivity contribution in [2.24, 2.45) is 5.92 Å². The van der Waals surface area contributed by atoms with E-state index < -0.39 is 11.7 Å². The molecule has 1 N–H and O–H groups in total. The number of amides is 1. The molecule has 1 aromatic heterocycles. The lowest BCUT2D eigenvalue weighted by atomic mass is 9.99. The van der Waals surface area contributed by atoms with E-state index >= 15 is 0 Å². The Bertz CT molecular complexity index is 568. The summed E-state index contributed by atoms with van der Waals surface area (Å²) in [6.07, 6.45) is -1.65. The van der Waals surface area contributed by atoms with Crippen molar-refractivity contribution in [3.8, 4) is 0 Å². The summed E-state index contributed by atoms with van der Waals surface area (Å²) in [5, 5.41) is 2.85. The third-order valence-electron chi connectivity index (χ3n) is 3.62. The fourth-order valence-electron chi connectivity index (χ4n) is 2.18. The molecule has 0 spiro atoms. The first-order valence-electron chi connectivity index (χ1n) is 6.62. The van der Waals surface area contributed by atoms with Crippen molar-refractivity contribution in [3.63, 3.8) is 0 Å². The zero-order chi connectivity index (χ0) is 15.2. The van der Waals surface area contributed by atoms with Crippen molar-refractivity contribution in [3.05, 3.63) is 22.8 Å². The molecule has 2 aliphatic rings. The Hall–Kier alpha value is -1.50. The summed E-state index contributed by atoms with van der Waals surface area (Å²) < 4.78 is 37.6. The molecule has 1 aromatic rings. The smallest absolute Gasteiger partial charge is 0.354 e. The van der Waals surface area contributed by atoms with Gasteiger partial charge in [0.2, 0.25) is 5.91 Å². The molecule has 114 valence electrons. The number of carbonyl (C=O) groups excluding carboxylic acids is 1. The molecule has 0 atom stereocenters. The molecule has 2 fully saturated rings. The standard InChI is InChI=1S/C13H13ClF3N3O/c14-10-3-8(13(15,16)17)4-18-11(10)20-5-7(6-20)12(21)19-9-1-2-9/h3-4,7,9H,1-2,5-6H2,(H,19,21). The summed E-state index contributed by atoms with van der Waals surface area (Å²) in [5.41, 5.74) is -0.875. The van der Waals surface area contributed by atoms with Gasteiger partial charge >= 0.3 is 6.18 Å². The van der Waals surface area contributed by atoms with Crippen LogP contribution < -0.4 is 10.2 Å². The van der Waals surface area contributed by atoms with Crippen LogP contribution in [0.2, 0.25) is 5.02 Å². The highest BCUT2D eigenvalue weighted by Gasteiger charge is 2.38. The van der Waals surface area contributed by atoms with Crippen LogP contribution in [0.4, 0.5) is 19.0 Å². The lowest BCUT2D eigenvalue weighted by Crippen LogP contribution is -2.54. The van der Waals surface area contributed by atoms with Gasteiger partial charge in [-0.15, -0.1) is 0 Å². The zero-order valence-electron chi connectivity index (χ0n) is 11.0. The van der Waals surface area contributed by atoms with E-state index in [1.807, 2.05) is 0 Å². The second-order valence-electron chi connectivity index (χ2n) is 5.41. The molecule has 0 bridgehead atoms. The molecule has 1 amide bonds. The number of nitrogens with zero attached hydrogens (tertiary/aromatic N) is 2. The van der Waals surface area contributed by atoms with Crippen LogP contribution in [-0.2, 0) is 11.0 Å². The molecule has 1 aliphatic carbocycles. The minimum atomic E-state index is -4.46. The lowest BCUT2D eigenvalue weighted by molar-refractivity contribution is -0.137. The first-order chi connectivity index (χ1) is 9.84. The Kier molecular flexibility index (Phi) is 3.47. The van der Waals surface area contributed by atoms with Gasteiger partial charge in [0.25, 0.3) is 0 Å². The number of hydrogen-bond donors (Lipinski definition) is 1. The Labute approximate surface area is 124 Å². The van der Waals surface area contributed by atoms with E-state index in [0.717, 1.165) is 25.1 Å². The van der Waals surface area contributed by atoms with Crippen LogP contribution in [-0.4, -0.2) is 30.0 Å². The number of pyridine rings is 1. The molecule has 1 aliphatic heterocycles. The predicted molar refractivity (Wildman–Crippen MR) is 71.1 cm³/mol. The van der Waals surface area contributed by atoms with E-state index in [9.17, 15) is 18.0 Å². The number of halogens is 4. The van der Waals surface area contributed by atoms with Gasteiger partial charge in [-0.05, 0) is 18.9 Å². The molecule has 4 nitrogen and oxygen atoms in total. The van der Waals surface area contributed by atoms with Gasteiger partial charge in [-0.1, -0.05) is 11.6 Å². The Morgan fingerprint density at radius 2 is 2.05 bits per heavy atom. The van der Waals surface area contributed by atoms with Crippen LogP contribution in [0.25, 0.3) is 0 Å². The highest BCUT2D eigenvalue weighted by molar-refractivity contribution is 6.33. The SMILES string of the molecule is O=C(NC1CC1)C1CN(c2ncc(C(F)(F)F)cc2Cl)C1. The van der Waals surface area contributed by atoms with Crippen LogP contribution in [0.1, 0.15) is 18.4 Å². The van der Waals surface area contributed by atoms with Crippen molar-refractivity contribution in [1.82, 2.24) is 10.3 Å². The first kappa shape index (κ1) is 14.4. The van der Waals surface area contributed by atoms with Crippen molar-refractivity contribution in [2.45, 2.75) is 25.1 Å². The number of alkyl halides is 3. The topological polar surface area (TPSA) is 45.2 Å². The van der Waals surface area contributed by atoms with Gasteiger partial charge in [0.1, 0.15) is 5.82 Å². The summed E-state index contributed by atoms with van der Waals surface area (Å²) in [6.45, 7) is 0.854. The van der Waals surface area contributed by atoms with Gasteiger partial charge in [-0.2, -0.15) is 13.2 Å². The summed E-state index contributed by atoms with van der Waals surface area (Å²) in [4.78, 5) is 17.3. The molecule has 0 unspecified atom stereocenters. The van der Waals surface area contributed by atoms with Crippen molar-refractivity contribution in [1.29, 1.82) is 0 Å². The Morgan fingerprint density at radius 1 is 1.38 bits per heavy atom. The van der Waals surface area contributed by atoms with E-state index in [-0.39, 0.29) is 16.8 Å². The van der Waals surface area contributed by atoms with Crippen molar-refractivity contribution in [2.75, 3.05) is 18.0 Å². The maximum Gasteiger partial charge on any atom is 0.417 e. The van der Waals surface area contributed by atoms with Crippen LogP contribution in [0, 0.1) is 5.92 Å². The van der Waals surface area contributed by atoms with Gasteiger partial charge < -0.3 is 10.2 Å². The molecular weight excluding hydrogens is 307 g/mol. The molecule has 0 aromatic carbocycles. The van der Waals surface area contributed by atoms with E-state index in [1.54, 1.807) is 4.90 Å². The molecule has 3 rings (SSSR count). The minimum absolute atomic E-state index is 0.00298. The third kappa shape index (κ3) is 3.07. The van der Waals surface area contributed by atoms with Gasteiger partial charge in [0, 0.05) is 25.3 Å². The maximum absolute atomic E-state index is 12.5. The summed E-state index contributed by atoms with van der Waals surface area (Å²) >= 11 is 5.86. The quantitative estimate of drug-likeness (QED) is 0.931. The van der Waals surface area contributed by atoms with Gasteiger partial charge in [-0.3, -0.25) is 4.79 Å². The minimum Gasteiger partial charge on any atom is -0.354 e. The van der Waals surface area contributed by atoms with Crippen molar-refractivity contribution < 1.29 is 18.0 Å². The van der Waals surface area contributed by atoms with Gasteiger partial charge in [0.05, 0.1) is 16.5 Å². The second-order valence-corrected chi connectivity index (χ2v) is 5.82. The molecule has 8 heteroatoms. The largest absolute Gasteiger partial charge is 0.417 e. The second kappa shape index (κ2) is 5.05. The Balaban J connectivity index is 1.62. The van der Waals surface area contributed by atoms with Crippen LogP contribution in [0.5, 0.6) is 0 Å². The molecular formula is C13H13ClF3N3O. The zero-order valence-corrected chi connectivity index (χ0v) is 11.7. The third-order valence-corrected chi connectivity index (χ3v) is 3.90. The van der Waals surface area contributed by atoms with E-state index in [1.165, 1.54) is 0 Å². The molecule has 1 saturated carbocycles. The normalized spacial score (nSPS) is 19.3. The number of aromatic nitrogens is 1. The summed E-state index contributed by atoms with van der Waals surface area (Å²) in [6, 6.07) is 1.17. The first-order valence-corrected chi connectivity index (χ1v) is 7.00. The van der Waals surface area contributed by atoms with Crippen LogP contribution >= 0.6 is 11.6 Å². The number of hydrogen-bond acceptors (Lipinski definition) is 3. The van der Waals surface area contributed by atoms with Crippen LogP contribution in [0.15, 0.2) is 12.3 Å². The fraction of sp³-hybridized carbons (Fsp3) is 0.538. The summed E-state index contributed by atoms with van der Waals surface area (Å²) in [5.74, 6) is 0.141. The average molecular weight is 320 g/mol. The lowest BCUT2D eigenvalue weighted by Gasteiger charge is -2.39. The number of rotatable bonds is 3. The maximum atomic E-state index is 12.5. The highest BCUT2D eigenvalue weighted by atomic mass is 35.5. The molecule has 2 heterocycles. The molecule has 21 heavy (non-hydrogen) atoms. The Morgan fingerprint density at radius 3 is 2.57 bits per heavy atom. The number of anilines is 1. The van der Waals surface area contributed by atoms with Crippen molar-refractivity contribution >= 4 is 23.3 Å². The van der Waals surface area contributed by atoms with E-state index in [2.05, 4.69) is 10.3 Å². The van der Waals surface area contributed by atoms with E-state index in [4.69, 9.17) is 11.6 Å². The predicted octanol–water partition coefficient (Wildman–Crippen LogP) is 2.47. The molecule has 1 saturated heterocycles. The highest BCUT2D eigenvalue weighted by Crippen LogP contribution is 2.35. The number of carbonyl (C=O) groups is 1. The van der Waals surface area contributed by atoms with Crippen LogP contribution in [0.3, 0.4) is 0 Å². The fourth-order valence-corrected chi connectivity index (χ4v) is 2.47.